The van der Waals surface area contributed by atoms with Crippen LogP contribution in [0.5, 0.6) is 5.75 Å². The van der Waals surface area contributed by atoms with Crippen LogP contribution in [-0.4, -0.2) is 30.6 Å². The van der Waals surface area contributed by atoms with Crippen LogP contribution in [-0.2, 0) is 11.3 Å². The number of carbonyl (C=O) groups excluding carboxylic acids is 2. The van der Waals surface area contributed by atoms with Crippen molar-refractivity contribution in [3.8, 4) is 5.75 Å². The molecular weight excluding hydrogens is 320 g/mol. The van der Waals surface area contributed by atoms with Gasteiger partial charge in [0, 0.05) is 12.7 Å². The maximum atomic E-state index is 12.1. The second kappa shape index (κ2) is 9.42. The normalized spacial score (nSPS) is 10.2. The lowest BCUT2D eigenvalue weighted by atomic mass is 10.2. The lowest BCUT2D eigenvalue weighted by molar-refractivity contribution is 0.0599. The number of hydrogen-bond donors (Lipinski definition) is 1. The number of hydrogen-bond acceptors (Lipinski definition) is 5. The molecule has 0 aliphatic heterocycles. The lowest BCUT2D eigenvalue weighted by Crippen LogP contribution is -2.24. The Bertz CT molecular complexity index is 714. The van der Waals surface area contributed by atoms with Gasteiger partial charge >= 0.3 is 5.97 Å². The van der Waals surface area contributed by atoms with Gasteiger partial charge in [-0.2, -0.15) is 0 Å². The topological polar surface area (TPSA) is 77.5 Å². The van der Waals surface area contributed by atoms with E-state index in [9.17, 15) is 9.59 Å². The van der Waals surface area contributed by atoms with E-state index in [-0.39, 0.29) is 11.6 Å². The number of amides is 1. The van der Waals surface area contributed by atoms with Crippen molar-refractivity contribution in [1.29, 1.82) is 0 Å². The van der Waals surface area contributed by atoms with Crippen LogP contribution in [0.15, 0.2) is 42.6 Å². The molecule has 25 heavy (non-hydrogen) atoms. The maximum absolute atomic E-state index is 12.1. The van der Waals surface area contributed by atoms with Gasteiger partial charge in [-0.3, -0.25) is 9.78 Å². The Labute approximate surface area is 147 Å². The minimum absolute atomic E-state index is 0.239. The van der Waals surface area contributed by atoms with Gasteiger partial charge in [0.05, 0.1) is 19.3 Å². The van der Waals surface area contributed by atoms with Gasteiger partial charge in [-0.05, 0) is 36.2 Å². The second-order valence-electron chi connectivity index (χ2n) is 5.46. The summed E-state index contributed by atoms with van der Waals surface area (Å²) in [6, 6.07) is 10.6. The van der Waals surface area contributed by atoms with Gasteiger partial charge in [0.2, 0.25) is 0 Å². The summed E-state index contributed by atoms with van der Waals surface area (Å²) in [5.74, 6) is -0.00572. The molecule has 6 heteroatoms. The molecule has 0 unspecified atom stereocenters. The van der Waals surface area contributed by atoms with Crippen molar-refractivity contribution in [3.63, 3.8) is 0 Å². The van der Waals surface area contributed by atoms with Crippen LogP contribution in [0.1, 0.15) is 46.2 Å². The number of benzene rings is 1. The minimum atomic E-state index is -0.487. The van der Waals surface area contributed by atoms with E-state index in [0.717, 1.165) is 24.2 Å². The smallest absolute Gasteiger partial charge is 0.339 e. The van der Waals surface area contributed by atoms with Gasteiger partial charge in [-0.25, -0.2) is 4.79 Å². The molecule has 0 saturated carbocycles. The van der Waals surface area contributed by atoms with Crippen molar-refractivity contribution in [1.82, 2.24) is 10.3 Å². The first-order chi connectivity index (χ1) is 12.1. The van der Waals surface area contributed by atoms with Gasteiger partial charge in [0.1, 0.15) is 11.4 Å². The standard InChI is InChI=1S/C19H22N2O4/c1-3-4-10-25-16-7-5-6-14(11-16)12-21-18(22)17-9-8-15(13-20-17)19(23)24-2/h5-9,11,13H,3-4,10,12H2,1-2H3,(H,21,22). The number of esters is 1. The van der Waals surface area contributed by atoms with Crippen molar-refractivity contribution in [3.05, 3.63) is 59.4 Å². The number of nitrogens with one attached hydrogen (secondary N) is 1. The molecule has 1 amide bonds. The Kier molecular flexibility index (Phi) is 6.95. The van der Waals surface area contributed by atoms with E-state index in [1.165, 1.54) is 25.4 Å². The van der Waals surface area contributed by atoms with E-state index in [0.29, 0.717) is 18.7 Å². The molecule has 1 heterocycles. The molecule has 0 radical (unpaired) electrons. The number of rotatable bonds is 8. The largest absolute Gasteiger partial charge is 0.494 e. The number of aromatic nitrogens is 1. The van der Waals surface area contributed by atoms with E-state index < -0.39 is 5.97 Å². The predicted octanol–water partition coefficient (Wildman–Crippen LogP) is 2.98. The zero-order valence-corrected chi connectivity index (χ0v) is 14.5. The first-order valence-corrected chi connectivity index (χ1v) is 8.18. The zero-order valence-electron chi connectivity index (χ0n) is 14.5. The molecule has 1 aromatic carbocycles. The fourth-order valence-corrected chi connectivity index (χ4v) is 2.12. The molecule has 0 spiro atoms. The minimum Gasteiger partial charge on any atom is -0.494 e. The first kappa shape index (κ1) is 18.4. The van der Waals surface area contributed by atoms with Crippen LogP contribution in [0.3, 0.4) is 0 Å². The highest BCUT2D eigenvalue weighted by atomic mass is 16.5. The van der Waals surface area contributed by atoms with Gasteiger partial charge < -0.3 is 14.8 Å². The fraction of sp³-hybridized carbons (Fsp3) is 0.316. The molecule has 0 fully saturated rings. The number of unbranched alkanes of at least 4 members (excludes halogenated alkanes) is 1. The van der Waals surface area contributed by atoms with Crippen molar-refractivity contribution >= 4 is 11.9 Å². The van der Waals surface area contributed by atoms with Crippen LogP contribution in [0.4, 0.5) is 0 Å². The van der Waals surface area contributed by atoms with E-state index in [2.05, 4.69) is 22.0 Å². The summed E-state index contributed by atoms with van der Waals surface area (Å²) in [4.78, 5) is 27.5. The van der Waals surface area contributed by atoms with Gasteiger partial charge in [-0.15, -0.1) is 0 Å². The van der Waals surface area contributed by atoms with Crippen molar-refractivity contribution in [2.24, 2.45) is 0 Å². The SMILES string of the molecule is CCCCOc1cccc(CNC(=O)c2ccc(C(=O)OC)cn2)c1. The Morgan fingerprint density at radius 1 is 1.20 bits per heavy atom. The van der Waals surface area contributed by atoms with Crippen molar-refractivity contribution in [2.45, 2.75) is 26.3 Å². The Hall–Kier alpha value is -2.89. The quantitative estimate of drug-likeness (QED) is 0.589. The third-order valence-corrected chi connectivity index (χ3v) is 3.54. The van der Waals surface area contributed by atoms with E-state index >= 15 is 0 Å². The number of pyridine rings is 1. The summed E-state index contributed by atoms with van der Waals surface area (Å²) in [5.41, 5.74) is 1.48. The molecule has 0 aliphatic rings. The molecule has 0 atom stereocenters. The third-order valence-electron chi connectivity index (χ3n) is 3.54. The molecule has 1 N–H and O–H groups in total. The maximum Gasteiger partial charge on any atom is 0.339 e. The highest BCUT2D eigenvalue weighted by Crippen LogP contribution is 2.14. The zero-order chi connectivity index (χ0) is 18.1. The van der Waals surface area contributed by atoms with Crippen LogP contribution < -0.4 is 10.1 Å². The molecular formula is C19H22N2O4. The number of nitrogens with zero attached hydrogens (tertiary/aromatic N) is 1. The molecule has 6 nitrogen and oxygen atoms in total. The van der Waals surface area contributed by atoms with E-state index in [1.54, 1.807) is 0 Å². The molecule has 132 valence electrons. The van der Waals surface area contributed by atoms with E-state index in [4.69, 9.17) is 4.74 Å². The highest BCUT2D eigenvalue weighted by molar-refractivity contribution is 5.94. The second-order valence-corrected chi connectivity index (χ2v) is 5.46. The first-order valence-electron chi connectivity index (χ1n) is 8.18. The van der Waals surface area contributed by atoms with E-state index in [1.807, 2.05) is 24.3 Å². The highest BCUT2D eigenvalue weighted by Gasteiger charge is 2.10. The summed E-state index contributed by atoms with van der Waals surface area (Å²) in [6.07, 6.45) is 3.41. The summed E-state index contributed by atoms with van der Waals surface area (Å²) in [7, 11) is 1.29. The number of methoxy groups -OCH3 is 1. The monoisotopic (exact) mass is 342 g/mol. The average molecular weight is 342 g/mol. The summed E-state index contributed by atoms with van der Waals surface area (Å²) in [5, 5.41) is 2.80. The van der Waals surface area contributed by atoms with Crippen LogP contribution in [0.2, 0.25) is 0 Å². The van der Waals surface area contributed by atoms with Crippen molar-refractivity contribution in [2.75, 3.05) is 13.7 Å². The Balaban J connectivity index is 1.91. The molecule has 2 rings (SSSR count). The fourth-order valence-electron chi connectivity index (χ4n) is 2.12. The van der Waals surface area contributed by atoms with Crippen LogP contribution in [0, 0.1) is 0 Å². The summed E-state index contributed by atoms with van der Waals surface area (Å²) >= 11 is 0. The van der Waals surface area contributed by atoms with Crippen LogP contribution >= 0.6 is 0 Å². The predicted molar refractivity (Wildman–Crippen MR) is 93.6 cm³/mol. The Morgan fingerprint density at radius 3 is 2.72 bits per heavy atom. The average Bonchev–Trinajstić information content (AvgIpc) is 2.66. The lowest BCUT2D eigenvalue weighted by Gasteiger charge is -2.09. The molecule has 0 saturated heterocycles. The van der Waals surface area contributed by atoms with Gasteiger partial charge in [0.15, 0.2) is 0 Å². The molecule has 0 bridgehead atoms. The van der Waals surface area contributed by atoms with Gasteiger partial charge in [-0.1, -0.05) is 25.5 Å². The summed E-state index contributed by atoms with van der Waals surface area (Å²) < 4.78 is 10.3. The number of ether oxygens (including phenoxy) is 2. The Morgan fingerprint density at radius 2 is 2.04 bits per heavy atom. The summed E-state index contributed by atoms with van der Waals surface area (Å²) in [6.45, 7) is 3.16. The molecule has 2 aromatic rings. The number of carbonyl (C=O) groups is 2. The van der Waals surface area contributed by atoms with Crippen molar-refractivity contribution < 1.29 is 19.1 Å². The molecule has 1 aromatic heterocycles. The van der Waals surface area contributed by atoms with Crippen LogP contribution in [0.25, 0.3) is 0 Å². The van der Waals surface area contributed by atoms with Gasteiger partial charge in [0.25, 0.3) is 5.91 Å². The third kappa shape index (κ3) is 5.60. The molecule has 0 aliphatic carbocycles.